The Morgan fingerprint density at radius 3 is 1.62 bits per heavy atom. The smallest absolute Gasteiger partial charge is 0.160 e. The lowest BCUT2D eigenvalue weighted by Crippen LogP contribution is -2.28. The molecule has 0 spiro atoms. The minimum Gasteiger partial charge on any atom is -0.456 e. The standard InChI is InChI=1S/C53H34N2O/c1-3-14-36(15-4-1)48-34-49(55-52(54-48)37-16-5-2-6-17-37)39-19-13-18-38(32-39)35-26-28-40(29-27-35)53(46-23-10-7-20-42(46)43-21-8-11-24-47(43)53)41-30-31-51-45(33-41)44-22-9-12-25-50(44)56-51/h1-34H. The molecule has 3 nitrogen and oxygen atoms in total. The number of para-hydroxylation sites is 1. The van der Waals surface area contributed by atoms with E-state index in [0.29, 0.717) is 5.82 Å². The molecule has 1 aliphatic carbocycles. The molecule has 56 heavy (non-hydrogen) atoms. The molecule has 0 amide bonds. The average Bonchev–Trinajstić information content (AvgIpc) is 3.80. The third kappa shape index (κ3) is 5.05. The molecule has 1 aliphatic rings. The molecule has 0 saturated carbocycles. The van der Waals surface area contributed by atoms with Gasteiger partial charge >= 0.3 is 0 Å². The van der Waals surface area contributed by atoms with Crippen LogP contribution in [0.4, 0.5) is 0 Å². The zero-order valence-corrected chi connectivity index (χ0v) is 30.4. The highest BCUT2D eigenvalue weighted by molar-refractivity contribution is 6.05. The van der Waals surface area contributed by atoms with Gasteiger partial charge in [-0.25, -0.2) is 9.97 Å². The fraction of sp³-hybridized carbons (Fsp3) is 0.0189. The summed E-state index contributed by atoms with van der Waals surface area (Å²) < 4.78 is 6.30. The van der Waals surface area contributed by atoms with E-state index in [9.17, 15) is 0 Å². The topological polar surface area (TPSA) is 38.9 Å². The van der Waals surface area contributed by atoms with E-state index < -0.39 is 5.41 Å². The van der Waals surface area contributed by atoms with Crippen LogP contribution in [0.5, 0.6) is 0 Å². The van der Waals surface area contributed by atoms with Gasteiger partial charge in [0.2, 0.25) is 0 Å². The Hall–Kier alpha value is -7.36. The van der Waals surface area contributed by atoms with E-state index in [1.165, 1.54) is 33.4 Å². The van der Waals surface area contributed by atoms with E-state index in [1.807, 2.05) is 48.5 Å². The summed E-state index contributed by atoms with van der Waals surface area (Å²) in [5.74, 6) is 0.709. The van der Waals surface area contributed by atoms with Crippen molar-refractivity contribution in [3.05, 3.63) is 229 Å². The van der Waals surface area contributed by atoms with Crippen LogP contribution in [-0.2, 0) is 5.41 Å². The fourth-order valence-electron chi connectivity index (χ4n) is 8.82. The van der Waals surface area contributed by atoms with Gasteiger partial charge in [-0.1, -0.05) is 176 Å². The number of fused-ring (bicyclic) bond motifs is 6. The second kappa shape index (κ2) is 12.9. The quantitative estimate of drug-likeness (QED) is 0.172. The monoisotopic (exact) mass is 714 g/mol. The van der Waals surface area contributed by atoms with Crippen LogP contribution in [0.25, 0.3) is 78.1 Å². The highest BCUT2D eigenvalue weighted by Crippen LogP contribution is 2.56. The van der Waals surface area contributed by atoms with Crippen molar-refractivity contribution in [2.45, 2.75) is 5.41 Å². The van der Waals surface area contributed by atoms with E-state index in [-0.39, 0.29) is 0 Å². The zero-order valence-electron chi connectivity index (χ0n) is 30.4. The molecule has 8 aromatic carbocycles. The van der Waals surface area contributed by atoms with Gasteiger partial charge in [-0.3, -0.25) is 0 Å². The van der Waals surface area contributed by atoms with Crippen molar-refractivity contribution in [1.29, 1.82) is 0 Å². The molecule has 262 valence electrons. The number of hydrogen-bond donors (Lipinski definition) is 0. The van der Waals surface area contributed by atoms with Crippen LogP contribution < -0.4 is 0 Å². The summed E-state index contributed by atoms with van der Waals surface area (Å²) in [6.07, 6.45) is 0. The lowest BCUT2D eigenvalue weighted by Gasteiger charge is -2.34. The van der Waals surface area contributed by atoms with Crippen molar-refractivity contribution in [2.75, 3.05) is 0 Å². The second-order valence-electron chi connectivity index (χ2n) is 14.5. The SMILES string of the molecule is c1ccc(-c2cc(-c3cccc(-c4ccc(C5(c6ccc7oc8ccccc8c7c6)c6ccccc6-c6ccccc65)cc4)c3)nc(-c3ccccc3)n2)cc1. The van der Waals surface area contributed by atoms with E-state index in [4.69, 9.17) is 14.4 Å². The van der Waals surface area contributed by atoms with Gasteiger partial charge in [-0.15, -0.1) is 0 Å². The molecule has 0 N–H and O–H groups in total. The average molecular weight is 715 g/mol. The predicted molar refractivity (Wildman–Crippen MR) is 228 cm³/mol. The summed E-state index contributed by atoms with van der Waals surface area (Å²) in [5.41, 5.74) is 16.0. The third-order valence-electron chi connectivity index (χ3n) is 11.4. The van der Waals surface area contributed by atoms with Crippen LogP contribution >= 0.6 is 0 Å². The lowest BCUT2D eigenvalue weighted by atomic mass is 9.67. The van der Waals surface area contributed by atoms with Crippen molar-refractivity contribution in [3.63, 3.8) is 0 Å². The van der Waals surface area contributed by atoms with Crippen molar-refractivity contribution >= 4 is 21.9 Å². The first kappa shape index (κ1) is 32.1. The van der Waals surface area contributed by atoms with Gasteiger partial charge in [-0.05, 0) is 74.8 Å². The van der Waals surface area contributed by atoms with Gasteiger partial charge in [0.05, 0.1) is 16.8 Å². The molecule has 10 aromatic rings. The van der Waals surface area contributed by atoms with Crippen LogP contribution in [0, 0.1) is 0 Å². The normalized spacial score (nSPS) is 12.8. The first-order chi connectivity index (χ1) is 27.7. The molecule has 0 unspecified atom stereocenters. The summed E-state index contributed by atoms with van der Waals surface area (Å²) in [5, 5.41) is 2.26. The van der Waals surface area contributed by atoms with Crippen molar-refractivity contribution in [1.82, 2.24) is 9.97 Å². The summed E-state index contributed by atoms with van der Waals surface area (Å²) in [6.45, 7) is 0. The van der Waals surface area contributed by atoms with Crippen LogP contribution in [0.3, 0.4) is 0 Å². The number of rotatable bonds is 6. The fourth-order valence-corrected chi connectivity index (χ4v) is 8.82. The number of nitrogens with zero attached hydrogens (tertiary/aromatic N) is 2. The number of aromatic nitrogens is 2. The maximum Gasteiger partial charge on any atom is 0.160 e. The molecule has 11 rings (SSSR count). The summed E-state index contributed by atoms with van der Waals surface area (Å²) >= 11 is 0. The molecule has 0 fully saturated rings. The highest BCUT2D eigenvalue weighted by atomic mass is 16.3. The molecule has 0 bridgehead atoms. The van der Waals surface area contributed by atoms with Gasteiger partial charge in [0, 0.05) is 27.5 Å². The molecule has 0 saturated heterocycles. The van der Waals surface area contributed by atoms with E-state index in [2.05, 4.69) is 158 Å². The molecule has 2 aromatic heterocycles. The summed E-state index contributed by atoms with van der Waals surface area (Å²) in [7, 11) is 0. The number of furan rings is 1. The number of benzene rings is 8. The molecular weight excluding hydrogens is 681 g/mol. The second-order valence-corrected chi connectivity index (χ2v) is 14.5. The Balaban J connectivity index is 1.05. The van der Waals surface area contributed by atoms with Gasteiger partial charge in [-0.2, -0.15) is 0 Å². The van der Waals surface area contributed by atoms with Crippen molar-refractivity contribution < 1.29 is 4.42 Å². The Labute approximate surface area is 325 Å². The maximum absolute atomic E-state index is 6.30. The zero-order chi connectivity index (χ0) is 37.1. The van der Waals surface area contributed by atoms with E-state index in [1.54, 1.807) is 0 Å². The minimum absolute atomic E-state index is 0.525. The Morgan fingerprint density at radius 2 is 0.893 bits per heavy atom. The van der Waals surface area contributed by atoms with E-state index >= 15 is 0 Å². The largest absolute Gasteiger partial charge is 0.456 e. The van der Waals surface area contributed by atoms with Gasteiger partial charge in [0.15, 0.2) is 5.82 Å². The van der Waals surface area contributed by atoms with Crippen LogP contribution in [-0.4, -0.2) is 9.97 Å². The molecule has 0 aliphatic heterocycles. The van der Waals surface area contributed by atoms with Crippen LogP contribution in [0.1, 0.15) is 22.3 Å². The van der Waals surface area contributed by atoms with Gasteiger partial charge in [0.1, 0.15) is 11.2 Å². The molecule has 0 radical (unpaired) electrons. The summed E-state index contributed by atoms with van der Waals surface area (Å²) in [6, 6.07) is 73.4. The Bertz CT molecular complexity index is 2970. The molecule has 0 atom stereocenters. The minimum atomic E-state index is -0.525. The first-order valence-electron chi connectivity index (χ1n) is 19.1. The first-order valence-corrected chi connectivity index (χ1v) is 19.1. The molecular formula is C53H34N2O. The Kier molecular flexibility index (Phi) is 7.39. The van der Waals surface area contributed by atoms with Gasteiger partial charge < -0.3 is 4.42 Å². The third-order valence-corrected chi connectivity index (χ3v) is 11.4. The highest BCUT2D eigenvalue weighted by Gasteiger charge is 2.46. The Morgan fingerprint density at radius 1 is 0.339 bits per heavy atom. The number of hydrogen-bond acceptors (Lipinski definition) is 3. The van der Waals surface area contributed by atoms with Crippen LogP contribution in [0.15, 0.2) is 211 Å². The van der Waals surface area contributed by atoms with Gasteiger partial charge in [0.25, 0.3) is 0 Å². The predicted octanol–water partition coefficient (Wildman–Crippen LogP) is 13.4. The molecule has 3 heteroatoms. The van der Waals surface area contributed by atoms with Crippen molar-refractivity contribution in [2.24, 2.45) is 0 Å². The van der Waals surface area contributed by atoms with Crippen LogP contribution in [0.2, 0.25) is 0 Å². The maximum atomic E-state index is 6.30. The lowest BCUT2D eigenvalue weighted by molar-refractivity contribution is 0.668. The van der Waals surface area contributed by atoms with Crippen molar-refractivity contribution in [3.8, 4) is 56.2 Å². The summed E-state index contributed by atoms with van der Waals surface area (Å²) in [4.78, 5) is 10.1. The molecule has 2 heterocycles. The van der Waals surface area contributed by atoms with E-state index in [0.717, 1.165) is 61.1 Å².